The van der Waals surface area contributed by atoms with Gasteiger partial charge in [0.2, 0.25) is 0 Å². The van der Waals surface area contributed by atoms with Crippen molar-refractivity contribution >= 4 is 34.6 Å². The van der Waals surface area contributed by atoms with Crippen LogP contribution in [-0.2, 0) is 20.7 Å². The summed E-state index contributed by atoms with van der Waals surface area (Å²) in [4.78, 5) is 38.7. The summed E-state index contributed by atoms with van der Waals surface area (Å²) in [5.74, 6) is -0.563. The van der Waals surface area contributed by atoms with Gasteiger partial charge >= 0.3 is 5.97 Å². The first-order valence-corrected chi connectivity index (χ1v) is 9.62. The summed E-state index contributed by atoms with van der Waals surface area (Å²) in [6.45, 7) is -0.555. The maximum absolute atomic E-state index is 12.0. The molecular formula is C20H17N3O6S. The molecule has 0 aliphatic heterocycles. The van der Waals surface area contributed by atoms with Crippen LogP contribution in [0.2, 0.25) is 0 Å². The highest BCUT2D eigenvalue weighted by Crippen LogP contribution is 2.26. The Morgan fingerprint density at radius 2 is 1.90 bits per heavy atom. The van der Waals surface area contributed by atoms with Gasteiger partial charge in [-0.3, -0.25) is 19.7 Å². The Bertz CT molecular complexity index is 1060. The molecule has 3 aromatic rings. The molecule has 0 bridgehead atoms. The molecule has 10 heteroatoms. The van der Waals surface area contributed by atoms with Gasteiger partial charge in [-0.2, -0.15) is 0 Å². The number of nitrogens with zero attached hydrogens (tertiary/aromatic N) is 2. The number of hydrogen-bond acceptors (Lipinski definition) is 8. The highest BCUT2D eigenvalue weighted by atomic mass is 32.1. The number of nitro groups is 1. The predicted molar refractivity (Wildman–Crippen MR) is 110 cm³/mol. The fourth-order valence-electron chi connectivity index (χ4n) is 2.52. The summed E-state index contributed by atoms with van der Waals surface area (Å²) in [6, 6.07) is 13.1. The number of ether oxygens (including phenoxy) is 2. The summed E-state index contributed by atoms with van der Waals surface area (Å²) < 4.78 is 10.1. The van der Waals surface area contributed by atoms with Crippen molar-refractivity contribution in [2.45, 2.75) is 6.42 Å². The van der Waals surface area contributed by atoms with E-state index >= 15 is 0 Å². The number of hydrogen-bond donors (Lipinski definition) is 1. The lowest BCUT2D eigenvalue weighted by molar-refractivity contribution is -0.383. The summed E-state index contributed by atoms with van der Waals surface area (Å²) in [6.07, 6.45) is -0.0918. The Kier molecular flexibility index (Phi) is 6.71. The number of nitrogens with one attached hydrogen (secondary N) is 1. The van der Waals surface area contributed by atoms with E-state index in [4.69, 9.17) is 9.47 Å². The van der Waals surface area contributed by atoms with Crippen LogP contribution in [0.5, 0.6) is 5.75 Å². The Morgan fingerprint density at radius 3 is 2.60 bits per heavy atom. The van der Waals surface area contributed by atoms with E-state index in [0.29, 0.717) is 5.69 Å². The van der Waals surface area contributed by atoms with Crippen LogP contribution in [0.4, 0.5) is 11.4 Å². The lowest BCUT2D eigenvalue weighted by Gasteiger charge is -2.06. The number of anilines is 1. The fourth-order valence-corrected chi connectivity index (χ4v) is 3.35. The van der Waals surface area contributed by atoms with Crippen LogP contribution in [0.15, 0.2) is 53.9 Å². The molecule has 0 saturated carbocycles. The molecular weight excluding hydrogens is 410 g/mol. The predicted octanol–water partition coefficient (Wildman–Crippen LogP) is 3.45. The van der Waals surface area contributed by atoms with Gasteiger partial charge in [0.15, 0.2) is 6.61 Å². The van der Waals surface area contributed by atoms with Crippen LogP contribution in [0, 0.1) is 10.1 Å². The third-order valence-electron chi connectivity index (χ3n) is 3.95. The number of aromatic nitrogens is 1. The number of carbonyl (C=O) groups is 2. The van der Waals surface area contributed by atoms with Crippen LogP contribution < -0.4 is 10.1 Å². The van der Waals surface area contributed by atoms with E-state index in [2.05, 4.69) is 10.3 Å². The molecule has 0 aliphatic carbocycles. The molecule has 0 radical (unpaired) electrons. The second-order valence-electron chi connectivity index (χ2n) is 6.03. The molecule has 1 aromatic heterocycles. The van der Waals surface area contributed by atoms with Crippen molar-refractivity contribution < 1.29 is 24.0 Å². The average Bonchev–Trinajstić information content (AvgIpc) is 3.21. The number of methoxy groups -OCH3 is 1. The van der Waals surface area contributed by atoms with Gasteiger partial charge in [0.05, 0.1) is 24.1 Å². The molecule has 0 saturated heterocycles. The largest absolute Gasteiger partial charge is 0.497 e. The molecule has 1 heterocycles. The van der Waals surface area contributed by atoms with Crippen molar-refractivity contribution in [3.63, 3.8) is 0 Å². The first-order chi connectivity index (χ1) is 14.5. The second-order valence-corrected chi connectivity index (χ2v) is 6.89. The van der Waals surface area contributed by atoms with Crippen molar-refractivity contribution in [2.24, 2.45) is 0 Å². The Morgan fingerprint density at radius 1 is 1.17 bits per heavy atom. The smallest absolute Gasteiger partial charge is 0.312 e. The number of rotatable bonds is 8. The number of esters is 1. The van der Waals surface area contributed by atoms with Gasteiger partial charge in [0.1, 0.15) is 16.4 Å². The maximum Gasteiger partial charge on any atom is 0.312 e. The summed E-state index contributed by atoms with van der Waals surface area (Å²) in [5, 5.41) is 15.8. The topological polar surface area (TPSA) is 121 Å². The first-order valence-electron chi connectivity index (χ1n) is 8.74. The maximum atomic E-state index is 12.0. The average molecular weight is 427 g/mol. The number of amides is 1. The normalized spacial score (nSPS) is 10.3. The summed E-state index contributed by atoms with van der Waals surface area (Å²) in [7, 11) is 1.59. The van der Waals surface area contributed by atoms with Gasteiger partial charge in [0.25, 0.3) is 11.6 Å². The van der Waals surface area contributed by atoms with Crippen molar-refractivity contribution in [3.05, 3.63) is 69.7 Å². The minimum absolute atomic E-state index is 0.0344. The van der Waals surface area contributed by atoms with Gasteiger partial charge in [0, 0.05) is 17.0 Å². The quantitative estimate of drug-likeness (QED) is 0.332. The van der Waals surface area contributed by atoms with Crippen LogP contribution >= 0.6 is 11.3 Å². The molecule has 0 fully saturated rings. The van der Waals surface area contributed by atoms with Crippen molar-refractivity contribution in [2.75, 3.05) is 19.0 Å². The zero-order valence-electron chi connectivity index (χ0n) is 15.9. The third-order valence-corrected chi connectivity index (χ3v) is 4.89. The minimum atomic E-state index is -0.671. The second kappa shape index (κ2) is 9.61. The Balaban J connectivity index is 1.52. The molecule has 1 N–H and O–H groups in total. The number of para-hydroxylation sites is 2. The Hall–Kier alpha value is -3.79. The van der Waals surface area contributed by atoms with Crippen molar-refractivity contribution in [1.82, 2.24) is 4.98 Å². The molecule has 0 unspecified atom stereocenters. The van der Waals surface area contributed by atoms with E-state index in [1.165, 1.54) is 29.5 Å². The molecule has 0 spiro atoms. The molecule has 2 aromatic carbocycles. The number of nitro benzene ring substituents is 1. The molecule has 0 atom stereocenters. The highest BCUT2D eigenvalue weighted by molar-refractivity contribution is 7.13. The third kappa shape index (κ3) is 5.39. The fraction of sp³-hybridized carbons (Fsp3) is 0.150. The van der Waals surface area contributed by atoms with Gasteiger partial charge in [-0.15, -0.1) is 11.3 Å². The van der Waals surface area contributed by atoms with E-state index in [1.54, 1.807) is 18.6 Å². The summed E-state index contributed by atoms with van der Waals surface area (Å²) in [5.41, 5.74) is 1.21. The van der Waals surface area contributed by atoms with E-state index in [-0.39, 0.29) is 17.8 Å². The zero-order valence-corrected chi connectivity index (χ0v) is 16.7. The van der Waals surface area contributed by atoms with E-state index in [0.717, 1.165) is 16.3 Å². The monoisotopic (exact) mass is 427 g/mol. The first kappa shape index (κ1) is 20.9. The van der Waals surface area contributed by atoms with Crippen LogP contribution in [-0.4, -0.2) is 35.5 Å². The van der Waals surface area contributed by atoms with Gasteiger partial charge in [-0.05, 0) is 30.3 Å². The molecule has 30 heavy (non-hydrogen) atoms. The number of carbonyl (C=O) groups excluding carboxylic acids is 2. The van der Waals surface area contributed by atoms with Crippen molar-refractivity contribution in [1.29, 1.82) is 0 Å². The lowest BCUT2D eigenvalue weighted by atomic mass is 10.2. The highest BCUT2D eigenvalue weighted by Gasteiger charge is 2.16. The lowest BCUT2D eigenvalue weighted by Crippen LogP contribution is -2.22. The van der Waals surface area contributed by atoms with Gasteiger partial charge < -0.3 is 14.8 Å². The van der Waals surface area contributed by atoms with E-state index in [1.807, 2.05) is 24.3 Å². The van der Waals surface area contributed by atoms with E-state index in [9.17, 15) is 19.7 Å². The molecule has 9 nitrogen and oxygen atoms in total. The summed E-state index contributed by atoms with van der Waals surface area (Å²) >= 11 is 1.39. The molecule has 0 aliphatic rings. The van der Waals surface area contributed by atoms with Gasteiger partial charge in [-0.1, -0.05) is 12.1 Å². The minimum Gasteiger partial charge on any atom is -0.497 e. The number of benzene rings is 2. The van der Waals surface area contributed by atoms with Gasteiger partial charge in [-0.25, -0.2) is 4.98 Å². The van der Waals surface area contributed by atoms with Crippen molar-refractivity contribution in [3.8, 4) is 16.3 Å². The zero-order chi connectivity index (χ0) is 21.5. The van der Waals surface area contributed by atoms with Crippen LogP contribution in [0.3, 0.4) is 0 Å². The van der Waals surface area contributed by atoms with Crippen LogP contribution in [0.25, 0.3) is 10.6 Å². The van der Waals surface area contributed by atoms with Crippen LogP contribution in [0.1, 0.15) is 5.69 Å². The number of thiazole rings is 1. The molecule has 1 amide bonds. The Labute approximate surface area is 175 Å². The van der Waals surface area contributed by atoms with E-state index < -0.39 is 23.4 Å². The molecule has 3 rings (SSSR count). The standard InChI is InChI=1S/C20H17N3O6S/c1-28-15-8-6-13(7-9-15)20-21-14(12-30-20)10-19(25)29-11-18(24)22-16-4-2-3-5-17(16)23(26)27/h2-9,12H,10-11H2,1H3,(H,22,24). The molecule has 154 valence electrons. The SMILES string of the molecule is COc1ccc(-c2nc(CC(=O)OCC(=O)Nc3ccccc3[N+](=O)[O-])cs2)cc1.